The van der Waals surface area contributed by atoms with Gasteiger partial charge < -0.3 is 18.3 Å². The average Bonchev–Trinajstić information content (AvgIpc) is 3.23. The molecule has 5 aromatic rings. The van der Waals surface area contributed by atoms with Crippen LogP contribution in [0.5, 0.6) is 11.5 Å². The van der Waals surface area contributed by atoms with Gasteiger partial charge in [0.1, 0.15) is 22.7 Å². The standard InChI is InChI=1S/C26H17BrO6/c1-14-20-13-19(31-25(28)23-12-16-11-17(27)5-9-21(16)32-23)8-10-22(20)33-26(29)24(14)15-3-6-18(30-2)7-4-15/h3-13H,1-2H3. The molecule has 0 aliphatic rings. The summed E-state index contributed by atoms with van der Waals surface area (Å²) in [5, 5.41) is 1.45. The fourth-order valence-corrected chi connectivity index (χ4v) is 4.14. The molecular formula is C26H17BrO6. The van der Waals surface area contributed by atoms with E-state index in [9.17, 15) is 9.59 Å². The van der Waals surface area contributed by atoms with E-state index < -0.39 is 11.6 Å². The van der Waals surface area contributed by atoms with Crippen LogP contribution in [0.1, 0.15) is 16.1 Å². The van der Waals surface area contributed by atoms with E-state index in [1.807, 2.05) is 19.1 Å². The maximum absolute atomic E-state index is 12.7. The number of carbonyl (C=O) groups excluding carboxylic acids is 1. The number of methoxy groups -OCH3 is 1. The summed E-state index contributed by atoms with van der Waals surface area (Å²) in [7, 11) is 1.58. The lowest BCUT2D eigenvalue weighted by Crippen LogP contribution is -2.08. The maximum Gasteiger partial charge on any atom is 0.379 e. The van der Waals surface area contributed by atoms with Gasteiger partial charge in [-0.2, -0.15) is 0 Å². The minimum atomic E-state index is -0.618. The minimum Gasteiger partial charge on any atom is -0.497 e. The number of ether oxygens (including phenoxy) is 2. The van der Waals surface area contributed by atoms with Gasteiger partial charge >= 0.3 is 11.6 Å². The molecule has 3 aromatic carbocycles. The van der Waals surface area contributed by atoms with E-state index in [4.69, 9.17) is 18.3 Å². The highest BCUT2D eigenvalue weighted by atomic mass is 79.9. The molecule has 0 aliphatic heterocycles. The quantitative estimate of drug-likeness (QED) is 0.158. The molecule has 5 rings (SSSR count). The molecule has 164 valence electrons. The fourth-order valence-electron chi connectivity index (χ4n) is 3.76. The highest BCUT2D eigenvalue weighted by Crippen LogP contribution is 2.31. The lowest BCUT2D eigenvalue weighted by atomic mass is 9.99. The second-order valence-electron chi connectivity index (χ2n) is 7.46. The molecule has 0 amide bonds. The van der Waals surface area contributed by atoms with Crippen molar-refractivity contribution in [1.82, 2.24) is 0 Å². The fraction of sp³-hybridized carbons (Fsp3) is 0.0769. The number of rotatable bonds is 4. The first-order chi connectivity index (χ1) is 15.9. The summed E-state index contributed by atoms with van der Waals surface area (Å²) in [6.45, 7) is 1.83. The van der Waals surface area contributed by atoms with Gasteiger partial charge in [0, 0.05) is 15.2 Å². The largest absolute Gasteiger partial charge is 0.497 e. The summed E-state index contributed by atoms with van der Waals surface area (Å²) in [4.78, 5) is 25.3. The molecule has 0 aliphatic carbocycles. The molecule has 0 saturated carbocycles. The first-order valence-corrected chi connectivity index (χ1v) is 10.9. The van der Waals surface area contributed by atoms with Gasteiger partial charge in [0.2, 0.25) is 5.76 Å². The molecule has 0 radical (unpaired) electrons. The monoisotopic (exact) mass is 504 g/mol. The van der Waals surface area contributed by atoms with Crippen LogP contribution >= 0.6 is 15.9 Å². The van der Waals surface area contributed by atoms with Crippen molar-refractivity contribution in [3.8, 4) is 22.6 Å². The van der Waals surface area contributed by atoms with Gasteiger partial charge in [0.25, 0.3) is 0 Å². The highest BCUT2D eigenvalue weighted by Gasteiger charge is 2.18. The molecule has 2 heterocycles. The third-order valence-corrected chi connectivity index (χ3v) is 5.90. The molecule has 2 aromatic heterocycles. The lowest BCUT2D eigenvalue weighted by Gasteiger charge is -2.10. The van der Waals surface area contributed by atoms with Gasteiger partial charge in [-0.1, -0.05) is 28.1 Å². The zero-order chi connectivity index (χ0) is 23.1. The van der Waals surface area contributed by atoms with Crippen molar-refractivity contribution in [3.63, 3.8) is 0 Å². The Morgan fingerprint density at radius 1 is 0.879 bits per heavy atom. The van der Waals surface area contributed by atoms with E-state index in [0.29, 0.717) is 39.2 Å². The third kappa shape index (κ3) is 3.91. The number of carbonyl (C=O) groups is 1. The van der Waals surface area contributed by atoms with Gasteiger partial charge in [-0.3, -0.25) is 0 Å². The van der Waals surface area contributed by atoms with Crippen molar-refractivity contribution in [2.45, 2.75) is 6.92 Å². The van der Waals surface area contributed by atoms with Crippen LogP contribution in [0, 0.1) is 6.92 Å². The number of fused-ring (bicyclic) bond motifs is 2. The van der Waals surface area contributed by atoms with Crippen LogP contribution < -0.4 is 15.1 Å². The van der Waals surface area contributed by atoms with Crippen LogP contribution in [0.4, 0.5) is 0 Å². The minimum absolute atomic E-state index is 0.0958. The predicted octanol–water partition coefficient (Wildman–Crippen LogP) is 6.50. The smallest absolute Gasteiger partial charge is 0.379 e. The van der Waals surface area contributed by atoms with Crippen molar-refractivity contribution in [2.24, 2.45) is 0 Å². The molecule has 0 saturated heterocycles. The first kappa shape index (κ1) is 21.0. The Hall–Kier alpha value is -3.84. The third-order valence-electron chi connectivity index (χ3n) is 5.41. The van der Waals surface area contributed by atoms with Crippen LogP contribution in [0.2, 0.25) is 0 Å². The molecule has 0 unspecified atom stereocenters. The summed E-state index contributed by atoms with van der Waals surface area (Å²) in [5.41, 5.74) is 2.42. The summed E-state index contributed by atoms with van der Waals surface area (Å²) in [6, 6.07) is 19.1. The van der Waals surface area contributed by atoms with E-state index >= 15 is 0 Å². The Morgan fingerprint density at radius 3 is 2.36 bits per heavy atom. The van der Waals surface area contributed by atoms with Crippen molar-refractivity contribution in [2.75, 3.05) is 7.11 Å². The number of aryl methyl sites for hydroxylation is 1. The van der Waals surface area contributed by atoms with Crippen molar-refractivity contribution in [1.29, 1.82) is 0 Å². The summed E-state index contributed by atoms with van der Waals surface area (Å²) in [6.07, 6.45) is 0. The second-order valence-corrected chi connectivity index (χ2v) is 8.37. The van der Waals surface area contributed by atoms with Crippen LogP contribution in [0.25, 0.3) is 33.1 Å². The van der Waals surface area contributed by atoms with Gasteiger partial charge in [-0.05, 0) is 72.6 Å². The molecule has 0 bridgehead atoms. The van der Waals surface area contributed by atoms with E-state index in [2.05, 4.69) is 15.9 Å². The Labute approximate surface area is 196 Å². The van der Waals surface area contributed by atoms with Gasteiger partial charge in [0.15, 0.2) is 0 Å². The number of hydrogen-bond acceptors (Lipinski definition) is 6. The number of hydrogen-bond donors (Lipinski definition) is 0. The van der Waals surface area contributed by atoms with Crippen molar-refractivity contribution in [3.05, 3.63) is 92.9 Å². The highest BCUT2D eigenvalue weighted by molar-refractivity contribution is 9.10. The van der Waals surface area contributed by atoms with E-state index in [1.165, 1.54) is 0 Å². The second kappa shape index (κ2) is 8.26. The number of benzene rings is 3. The number of esters is 1. The molecule has 0 spiro atoms. The van der Waals surface area contributed by atoms with Crippen molar-refractivity contribution < 1.29 is 23.1 Å². The molecule has 6 nitrogen and oxygen atoms in total. The number of halogens is 1. The van der Waals surface area contributed by atoms with Gasteiger partial charge in [-0.15, -0.1) is 0 Å². The topological polar surface area (TPSA) is 78.9 Å². The molecule has 0 fully saturated rings. The Bertz CT molecular complexity index is 1580. The van der Waals surface area contributed by atoms with Gasteiger partial charge in [-0.25, -0.2) is 9.59 Å². The summed E-state index contributed by atoms with van der Waals surface area (Å²) < 4.78 is 22.8. The molecule has 0 N–H and O–H groups in total. The van der Waals surface area contributed by atoms with Crippen molar-refractivity contribution >= 4 is 43.8 Å². The van der Waals surface area contributed by atoms with E-state index in [0.717, 1.165) is 15.4 Å². The Morgan fingerprint density at radius 2 is 1.61 bits per heavy atom. The zero-order valence-corrected chi connectivity index (χ0v) is 19.3. The zero-order valence-electron chi connectivity index (χ0n) is 17.7. The molecule has 33 heavy (non-hydrogen) atoms. The Kier molecular flexibility index (Phi) is 5.26. The number of furan rings is 1. The van der Waals surface area contributed by atoms with Crippen LogP contribution in [-0.2, 0) is 0 Å². The summed E-state index contributed by atoms with van der Waals surface area (Å²) in [5.74, 6) is 0.478. The van der Waals surface area contributed by atoms with Crippen LogP contribution in [0.3, 0.4) is 0 Å². The maximum atomic E-state index is 12.7. The van der Waals surface area contributed by atoms with Gasteiger partial charge in [0.05, 0.1) is 12.7 Å². The summed E-state index contributed by atoms with van der Waals surface area (Å²) >= 11 is 3.40. The predicted molar refractivity (Wildman–Crippen MR) is 128 cm³/mol. The van der Waals surface area contributed by atoms with E-state index in [-0.39, 0.29) is 5.76 Å². The first-order valence-electron chi connectivity index (χ1n) is 10.1. The van der Waals surface area contributed by atoms with Crippen LogP contribution in [0.15, 0.2) is 84.8 Å². The normalized spacial score (nSPS) is 11.1. The lowest BCUT2D eigenvalue weighted by molar-refractivity contribution is 0.0704. The molecule has 7 heteroatoms. The average molecular weight is 505 g/mol. The van der Waals surface area contributed by atoms with E-state index in [1.54, 1.807) is 61.7 Å². The molecule has 0 atom stereocenters. The Balaban J connectivity index is 1.51. The SMILES string of the molecule is COc1ccc(-c2c(C)c3cc(OC(=O)c4cc5cc(Br)ccc5o4)ccc3oc2=O)cc1. The molecular weight excluding hydrogens is 488 g/mol. The van der Waals surface area contributed by atoms with Crippen LogP contribution in [-0.4, -0.2) is 13.1 Å².